The third kappa shape index (κ3) is 2.62. The van der Waals surface area contributed by atoms with Crippen LogP contribution in [0, 0.1) is 15.9 Å². The van der Waals surface area contributed by atoms with Crippen molar-refractivity contribution in [2.24, 2.45) is 0 Å². The van der Waals surface area contributed by atoms with Gasteiger partial charge in [-0.05, 0) is 30.0 Å². The van der Waals surface area contributed by atoms with E-state index in [0.29, 0.717) is 12.4 Å². The first-order valence-electron chi connectivity index (χ1n) is 6.00. The normalized spacial score (nSPS) is 12.3. The van der Waals surface area contributed by atoms with E-state index in [-0.39, 0.29) is 17.4 Å². The zero-order valence-corrected chi connectivity index (χ0v) is 10.9. The molecule has 0 aliphatic heterocycles. The average molecular weight is 280 g/mol. The molecule has 0 bridgehead atoms. The monoisotopic (exact) mass is 280 g/mol. The van der Waals surface area contributed by atoms with Crippen molar-refractivity contribution in [3.05, 3.63) is 40.0 Å². The number of tetrazole rings is 1. The van der Waals surface area contributed by atoms with Gasteiger partial charge in [-0.25, -0.2) is 4.39 Å². The van der Waals surface area contributed by atoms with Crippen molar-refractivity contribution in [2.45, 2.75) is 19.9 Å². The molecule has 1 atom stereocenters. The lowest BCUT2D eigenvalue weighted by atomic mass is 10.2. The quantitative estimate of drug-likeness (QED) is 0.656. The van der Waals surface area contributed by atoms with Gasteiger partial charge in [0.15, 0.2) is 11.6 Å². The number of non-ortho nitro benzene ring substituents is 1. The maximum absolute atomic E-state index is 14.0. The topological polar surface area (TPSA) is 98.8 Å². The van der Waals surface area contributed by atoms with Crippen LogP contribution in [0.2, 0.25) is 0 Å². The van der Waals surface area contributed by atoms with Gasteiger partial charge in [-0.2, -0.15) is 4.68 Å². The Labute approximate surface area is 113 Å². The van der Waals surface area contributed by atoms with Crippen molar-refractivity contribution in [1.29, 1.82) is 0 Å². The lowest BCUT2D eigenvalue weighted by Gasteiger charge is -2.12. The molecule has 106 valence electrons. The molecule has 9 heteroatoms. The van der Waals surface area contributed by atoms with E-state index < -0.39 is 10.7 Å². The fourth-order valence-electron chi connectivity index (χ4n) is 1.81. The van der Waals surface area contributed by atoms with Crippen LogP contribution in [0.4, 0.5) is 10.1 Å². The third-order valence-corrected chi connectivity index (χ3v) is 2.76. The van der Waals surface area contributed by atoms with E-state index >= 15 is 0 Å². The minimum Gasteiger partial charge on any atom is -0.308 e. The number of nitro benzene ring substituents is 1. The summed E-state index contributed by atoms with van der Waals surface area (Å²) in [6.45, 7) is 4.48. The Balaban J connectivity index is 2.42. The Morgan fingerprint density at radius 2 is 2.30 bits per heavy atom. The molecule has 0 fully saturated rings. The number of halogens is 1. The lowest BCUT2D eigenvalue weighted by Crippen LogP contribution is -2.22. The number of nitrogens with zero attached hydrogens (tertiary/aromatic N) is 5. The molecule has 1 N–H and O–H groups in total. The molecule has 1 heterocycles. The van der Waals surface area contributed by atoms with Gasteiger partial charge in [-0.15, -0.1) is 5.10 Å². The highest BCUT2D eigenvalue weighted by atomic mass is 19.1. The highest BCUT2D eigenvalue weighted by Gasteiger charge is 2.19. The van der Waals surface area contributed by atoms with Gasteiger partial charge in [0, 0.05) is 6.07 Å². The van der Waals surface area contributed by atoms with Crippen LogP contribution in [0.1, 0.15) is 25.7 Å². The number of hydrogen-bond acceptors (Lipinski definition) is 6. The molecule has 20 heavy (non-hydrogen) atoms. The summed E-state index contributed by atoms with van der Waals surface area (Å²) in [5.41, 5.74) is -0.249. The van der Waals surface area contributed by atoms with Crippen LogP contribution < -0.4 is 5.32 Å². The number of benzene rings is 1. The van der Waals surface area contributed by atoms with Gasteiger partial charge in [0.25, 0.3) is 5.69 Å². The number of nitrogens with one attached hydrogen (secondary N) is 1. The van der Waals surface area contributed by atoms with E-state index in [9.17, 15) is 14.5 Å². The number of rotatable bonds is 5. The number of aromatic nitrogens is 4. The lowest BCUT2D eigenvalue weighted by molar-refractivity contribution is -0.385. The molecule has 2 aromatic rings. The van der Waals surface area contributed by atoms with Crippen molar-refractivity contribution in [3.63, 3.8) is 0 Å². The molecule has 0 amide bonds. The molecule has 0 aliphatic rings. The molecule has 0 saturated heterocycles. The van der Waals surface area contributed by atoms with Gasteiger partial charge >= 0.3 is 0 Å². The Morgan fingerprint density at radius 3 is 2.90 bits per heavy atom. The smallest absolute Gasteiger partial charge is 0.272 e. The molecular weight excluding hydrogens is 267 g/mol. The maximum atomic E-state index is 14.0. The maximum Gasteiger partial charge on any atom is 0.272 e. The summed E-state index contributed by atoms with van der Waals surface area (Å²) in [5.74, 6) is -0.323. The summed E-state index contributed by atoms with van der Waals surface area (Å²) in [6.07, 6.45) is 0. The zero-order chi connectivity index (χ0) is 14.7. The van der Waals surface area contributed by atoms with Crippen LogP contribution in [-0.2, 0) is 0 Å². The highest BCUT2D eigenvalue weighted by Crippen LogP contribution is 2.21. The second kappa shape index (κ2) is 5.70. The van der Waals surface area contributed by atoms with E-state index in [0.717, 1.165) is 6.07 Å². The first-order valence-corrected chi connectivity index (χ1v) is 6.00. The van der Waals surface area contributed by atoms with E-state index in [4.69, 9.17) is 0 Å². The standard InChI is InChI=1S/C11H13FN6O2/c1-3-13-7(2)11-14-15-16-17(11)10-5-4-8(18(19)20)6-9(10)12/h4-7,13H,3H2,1-2H3. The van der Waals surface area contributed by atoms with Gasteiger partial charge in [-0.1, -0.05) is 6.92 Å². The summed E-state index contributed by atoms with van der Waals surface area (Å²) in [6, 6.07) is 3.16. The molecular formula is C11H13FN6O2. The van der Waals surface area contributed by atoms with Crippen LogP contribution in [0.25, 0.3) is 5.69 Å². The van der Waals surface area contributed by atoms with Gasteiger partial charge in [0.2, 0.25) is 0 Å². The van der Waals surface area contributed by atoms with Crippen LogP contribution in [0.15, 0.2) is 18.2 Å². The number of nitro groups is 1. The highest BCUT2D eigenvalue weighted by molar-refractivity contribution is 5.42. The van der Waals surface area contributed by atoms with Gasteiger partial charge in [-0.3, -0.25) is 10.1 Å². The first-order chi connectivity index (χ1) is 9.54. The predicted octanol–water partition coefficient (Wildman–Crippen LogP) is 1.38. The van der Waals surface area contributed by atoms with Crippen molar-refractivity contribution in [1.82, 2.24) is 25.5 Å². The molecule has 1 aromatic carbocycles. The van der Waals surface area contributed by atoms with E-state index in [1.807, 2.05) is 13.8 Å². The first kappa shape index (κ1) is 14.0. The summed E-state index contributed by atoms with van der Waals surface area (Å²) in [7, 11) is 0. The summed E-state index contributed by atoms with van der Waals surface area (Å²) in [5, 5.41) is 24.8. The van der Waals surface area contributed by atoms with Crippen molar-refractivity contribution in [2.75, 3.05) is 6.54 Å². The third-order valence-electron chi connectivity index (χ3n) is 2.76. The average Bonchev–Trinajstić information content (AvgIpc) is 2.87. The van der Waals surface area contributed by atoms with Crippen molar-refractivity contribution in [3.8, 4) is 5.69 Å². The SMILES string of the molecule is CCNC(C)c1nnnn1-c1ccc([N+](=O)[O-])cc1F. The molecule has 0 spiro atoms. The fraction of sp³-hybridized carbons (Fsp3) is 0.364. The summed E-state index contributed by atoms with van der Waals surface area (Å²) >= 11 is 0. The van der Waals surface area contributed by atoms with Gasteiger partial charge in [0.1, 0.15) is 5.69 Å². The van der Waals surface area contributed by atoms with Crippen molar-refractivity contribution >= 4 is 5.69 Å². The Bertz CT molecular complexity index is 629. The van der Waals surface area contributed by atoms with Crippen LogP contribution >= 0.6 is 0 Å². The Hall–Kier alpha value is -2.42. The predicted molar refractivity (Wildman–Crippen MR) is 67.9 cm³/mol. The van der Waals surface area contributed by atoms with E-state index in [2.05, 4.69) is 20.8 Å². The second-order valence-corrected chi connectivity index (χ2v) is 4.12. The van der Waals surface area contributed by atoms with Gasteiger partial charge in [0.05, 0.1) is 17.0 Å². The minimum absolute atomic E-state index is 0.0698. The molecule has 0 aliphatic carbocycles. The molecule has 0 saturated carbocycles. The van der Waals surface area contributed by atoms with E-state index in [1.165, 1.54) is 16.8 Å². The fourth-order valence-corrected chi connectivity index (χ4v) is 1.81. The van der Waals surface area contributed by atoms with Crippen LogP contribution in [0.3, 0.4) is 0 Å². The van der Waals surface area contributed by atoms with Crippen LogP contribution in [-0.4, -0.2) is 31.7 Å². The van der Waals surface area contributed by atoms with E-state index in [1.54, 1.807) is 0 Å². The molecule has 1 unspecified atom stereocenters. The largest absolute Gasteiger partial charge is 0.308 e. The van der Waals surface area contributed by atoms with Crippen molar-refractivity contribution < 1.29 is 9.31 Å². The number of hydrogen-bond donors (Lipinski definition) is 1. The molecule has 1 aromatic heterocycles. The Morgan fingerprint density at radius 1 is 1.55 bits per heavy atom. The second-order valence-electron chi connectivity index (χ2n) is 4.12. The minimum atomic E-state index is -0.753. The summed E-state index contributed by atoms with van der Waals surface area (Å²) < 4.78 is 15.2. The molecule has 2 rings (SSSR count). The molecule has 0 radical (unpaired) electrons. The van der Waals surface area contributed by atoms with Crippen LogP contribution in [0.5, 0.6) is 0 Å². The molecule has 8 nitrogen and oxygen atoms in total. The Kier molecular flexibility index (Phi) is 3.99. The van der Waals surface area contributed by atoms with Gasteiger partial charge < -0.3 is 5.32 Å². The summed E-state index contributed by atoms with van der Waals surface area (Å²) in [4.78, 5) is 9.93. The zero-order valence-electron chi connectivity index (χ0n) is 10.9.